The fraction of sp³-hybridized carbons (Fsp3) is 0.571. The van der Waals surface area contributed by atoms with Crippen molar-refractivity contribution in [3.05, 3.63) is 10.4 Å². The monoisotopic (exact) mass is 297 g/mol. The lowest BCUT2D eigenvalue weighted by Gasteiger charge is -2.18. The van der Waals surface area contributed by atoms with Gasteiger partial charge in [-0.15, -0.1) is 11.3 Å². The average Bonchev–Trinajstić information content (AvgIpc) is 2.65. The van der Waals surface area contributed by atoms with Crippen molar-refractivity contribution in [2.24, 2.45) is 11.7 Å². The Morgan fingerprint density at radius 2 is 1.95 bits per heavy atom. The predicted octanol–water partition coefficient (Wildman–Crippen LogP) is 2.87. The van der Waals surface area contributed by atoms with Gasteiger partial charge >= 0.3 is 0 Å². The quantitative estimate of drug-likeness (QED) is 0.674. The topological polar surface area (TPSA) is 98.2 Å². The molecule has 0 saturated heterocycles. The highest BCUT2D eigenvalue weighted by Gasteiger charge is 2.23. The van der Waals surface area contributed by atoms with E-state index in [-0.39, 0.29) is 23.1 Å². The van der Waals surface area contributed by atoms with Gasteiger partial charge in [-0.2, -0.15) is 0 Å². The normalized spacial score (nSPS) is 13.8. The van der Waals surface area contributed by atoms with Gasteiger partial charge in [-0.25, -0.2) is 0 Å². The number of carbonyl (C=O) groups is 2. The van der Waals surface area contributed by atoms with Gasteiger partial charge in [-0.05, 0) is 19.3 Å². The maximum absolute atomic E-state index is 11.5. The van der Waals surface area contributed by atoms with Crippen molar-refractivity contribution in [1.29, 1.82) is 0 Å². The predicted molar refractivity (Wildman–Crippen MR) is 84.4 cm³/mol. The third kappa shape index (κ3) is 3.72. The number of primary amides is 1. The number of nitrogen functional groups attached to an aromatic ring is 1. The van der Waals surface area contributed by atoms with E-state index in [1.165, 1.54) is 18.3 Å². The molecule has 1 aromatic heterocycles. The Bertz CT molecular complexity index is 511. The zero-order chi connectivity index (χ0) is 15.4. The zero-order valence-corrected chi connectivity index (χ0v) is 13.3. The Balaban J connectivity index is 3.02. The number of rotatable bonds is 7. The SMILES string of the molecule is CCC(C)CC(C)Nc1sc(C(C)=O)c(N)c1C(N)=O. The van der Waals surface area contributed by atoms with E-state index < -0.39 is 5.91 Å². The summed E-state index contributed by atoms with van der Waals surface area (Å²) in [4.78, 5) is 23.4. The van der Waals surface area contributed by atoms with Gasteiger partial charge in [0, 0.05) is 13.0 Å². The molecule has 0 bridgehead atoms. The van der Waals surface area contributed by atoms with Crippen LogP contribution in [0.2, 0.25) is 0 Å². The summed E-state index contributed by atoms with van der Waals surface area (Å²) >= 11 is 1.20. The van der Waals surface area contributed by atoms with Crippen LogP contribution in [0.25, 0.3) is 0 Å². The van der Waals surface area contributed by atoms with Gasteiger partial charge in [0.05, 0.1) is 16.1 Å². The molecule has 0 radical (unpaired) electrons. The summed E-state index contributed by atoms with van der Waals surface area (Å²) in [5, 5.41) is 3.85. The molecule has 0 aliphatic heterocycles. The van der Waals surface area contributed by atoms with Crippen molar-refractivity contribution in [3.63, 3.8) is 0 Å². The summed E-state index contributed by atoms with van der Waals surface area (Å²) in [5.41, 5.74) is 11.6. The number of hydrogen-bond acceptors (Lipinski definition) is 5. The second-order valence-corrected chi connectivity index (χ2v) is 6.28. The highest BCUT2D eigenvalue weighted by Crippen LogP contribution is 2.36. The van der Waals surface area contributed by atoms with Gasteiger partial charge in [-0.1, -0.05) is 20.3 Å². The summed E-state index contributed by atoms with van der Waals surface area (Å²) in [6.07, 6.45) is 2.07. The molecule has 0 aliphatic rings. The zero-order valence-electron chi connectivity index (χ0n) is 12.4. The van der Waals surface area contributed by atoms with Crippen molar-refractivity contribution in [1.82, 2.24) is 0 Å². The van der Waals surface area contributed by atoms with Crippen LogP contribution in [0.3, 0.4) is 0 Å². The Kier molecular flexibility index (Phi) is 5.56. The lowest BCUT2D eigenvalue weighted by Crippen LogP contribution is -2.21. The lowest BCUT2D eigenvalue weighted by molar-refractivity contribution is 0.100. The van der Waals surface area contributed by atoms with E-state index in [1.807, 2.05) is 6.92 Å². The summed E-state index contributed by atoms with van der Waals surface area (Å²) in [6, 6.07) is 0.181. The van der Waals surface area contributed by atoms with Gasteiger partial charge < -0.3 is 16.8 Å². The summed E-state index contributed by atoms with van der Waals surface area (Å²) in [7, 11) is 0. The largest absolute Gasteiger partial charge is 0.397 e. The Morgan fingerprint density at radius 1 is 1.35 bits per heavy atom. The van der Waals surface area contributed by atoms with Crippen LogP contribution in [0.5, 0.6) is 0 Å². The number of anilines is 2. The van der Waals surface area contributed by atoms with Crippen LogP contribution >= 0.6 is 11.3 Å². The van der Waals surface area contributed by atoms with Crippen molar-refractivity contribution in [2.75, 3.05) is 11.1 Å². The molecule has 0 saturated carbocycles. The Labute approximate surface area is 123 Å². The van der Waals surface area contributed by atoms with E-state index in [9.17, 15) is 9.59 Å². The van der Waals surface area contributed by atoms with E-state index in [4.69, 9.17) is 11.5 Å². The summed E-state index contributed by atoms with van der Waals surface area (Å²) in [6.45, 7) is 7.79. The fourth-order valence-electron chi connectivity index (χ4n) is 2.10. The molecule has 5 nitrogen and oxygen atoms in total. The minimum absolute atomic E-state index is 0.155. The third-order valence-electron chi connectivity index (χ3n) is 3.34. The standard InChI is InChI=1S/C14H23N3O2S/c1-5-7(2)6-8(3)17-14-10(13(16)19)11(15)12(20-14)9(4)18/h7-8,17H,5-6,15H2,1-4H3,(H2,16,19). The van der Waals surface area contributed by atoms with Gasteiger partial charge in [-0.3, -0.25) is 9.59 Å². The molecule has 5 N–H and O–H groups in total. The summed E-state index contributed by atoms with van der Waals surface area (Å²) in [5.74, 6) is -0.179. The average molecular weight is 297 g/mol. The maximum atomic E-state index is 11.5. The van der Waals surface area contributed by atoms with Crippen molar-refractivity contribution in [2.45, 2.75) is 46.6 Å². The van der Waals surface area contributed by atoms with Crippen LogP contribution in [0.4, 0.5) is 10.7 Å². The Morgan fingerprint density at radius 3 is 2.40 bits per heavy atom. The fourth-order valence-corrected chi connectivity index (χ4v) is 3.24. The van der Waals surface area contributed by atoms with Crippen LogP contribution in [-0.2, 0) is 0 Å². The first-order valence-electron chi connectivity index (χ1n) is 6.77. The molecule has 2 unspecified atom stereocenters. The van der Waals surface area contributed by atoms with Crippen LogP contribution in [0.1, 0.15) is 60.6 Å². The molecule has 0 aliphatic carbocycles. The molecule has 6 heteroatoms. The smallest absolute Gasteiger partial charge is 0.253 e. The first kappa shape index (κ1) is 16.5. The van der Waals surface area contributed by atoms with Crippen LogP contribution < -0.4 is 16.8 Å². The van der Waals surface area contributed by atoms with Gasteiger partial charge in [0.15, 0.2) is 5.78 Å². The van der Waals surface area contributed by atoms with E-state index in [0.29, 0.717) is 15.8 Å². The molecule has 0 spiro atoms. The minimum atomic E-state index is -0.607. The number of ketones is 1. The van der Waals surface area contributed by atoms with E-state index >= 15 is 0 Å². The number of Topliss-reactive ketones (excluding diaryl/α,β-unsaturated/α-hetero) is 1. The van der Waals surface area contributed by atoms with E-state index in [2.05, 4.69) is 19.2 Å². The second-order valence-electron chi connectivity index (χ2n) is 5.26. The van der Waals surface area contributed by atoms with E-state index in [0.717, 1.165) is 12.8 Å². The molecular formula is C14H23N3O2S. The lowest BCUT2D eigenvalue weighted by atomic mass is 10.0. The summed E-state index contributed by atoms with van der Waals surface area (Å²) < 4.78 is 0. The van der Waals surface area contributed by atoms with Crippen LogP contribution in [-0.4, -0.2) is 17.7 Å². The first-order chi connectivity index (χ1) is 9.27. The van der Waals surface area contributed by atoms with Crippen molar-refractivity contribution in [3.8, 4) is 0 Å². The molecule has 1 heterocycles. The van der Waals surface area contributed by atoms with Crippen LogP contribution in [0.15, 0.2) is 0 Å². The number of thiophene rings is 1. The molecule has 112 valence electrons. The van der Waals surface area contributed by atoms with E-state index in [1.54, 1.807) is 0 Å². The number of nitrogens with two attached hydrogens (primary N) is 2. The highest BCUT2D eigenvalue weighted by molar-refractivity contribution is 7.19. The number of amides is 1. The molecule has 20 heavy (non-hydrogen) atoms. The number of hydrogen-bond donors (Lipinski definition) is 3. The maximum Gasteiger partial charge on any atom is 0.253 e. The molecular weight excluding hydrogens is 274 g/mol. The van der Waals surface area contributed by atoms with Gasteiger partial charge in [0.2, 0.25) is 0 Å². The van der Waals surface area contributed by atoms with Gasteiger partial charge in [0.1, 0.15) is 5.00 Å². The molecule has 0 aromatic carbocycles. The van der Waals surface area contributed by atoms with Crippen LogP contribution in [0, 0.1) is 5.92 Å². The minimum Gasteiger partial charge on any atom is -0.397 e. The number of nitrogens with one attached hydrogen (secondary N) is 1. The molecule has 0 fully saturated rings. The molecule has 1 aromatic rings. The number of carbonyl (C=O) groups excluding carboxylic acids is 2. The van der Waals surface area contributed by atoms with Gasteiger partial charge in [0.25, 0.3) is 5.91 Å². The second kappa shape index (κ2) is 6.74. The molecule has 1 amide bonds. The highest BCUT2D eigenvalue weighted by atomic mass is 32.1. The first-order valence-corrected chi connectivity index (χ1v) is 7.59. The van der Waals surface area contributed by atoms with Crippen molar-refractivity contribution < 1.29 is 9.59 Å². The third-order valence-corrected chi connectivity index (χ3v) is 4.58. The molecule has 1 rings (SSSR count). The van der Waals surface area contributed by atoms with Crippen molar-refractivity contribution >= 4 is 33.7 Å². The molecule has 2 atom stereocenters. The Hall–Kier alpha value is -1.56.